The standard InChI is InChI=1S/C19H18F3NO4S/c1-18-7-8-23-11-17(18)26-16-10-14(5-6-15(16)18)28(24,25)13-4-2-3-12(9-13)27-19(20,21)22/h2-6,9-10,17,23H,7-8,11H2,1H3. The molecule has 4 rings (SSSR count). The molecule has 150 valence electrons. The zero-order valence-corrected chi connectivity index (χ0v) is 15.7. The van der Waals surface area contributed by atoms with Gasteiger partial charge in [-0.1, -0.05) is 19.1 Å². The van der Waals surface area contributed by atoms with E-state index in [-0.39, 0.29) is 21.3 Å². The van der Waals surface area contributed by atoms with Crippen molar-refractivity contribution in [1.82, 2.24) is 5.32 Å². The highest BCUT2D eigenvalue weighted by Gasteiger charge is 2.46. The highest BCUT2D eigenvalue weighted by atomic mass is 32.2. The zero-order valence-electron chi connectivity index (χ0n) is 14.9. The fourth-order valence-electron chi connectivity index (χ4n) is 3.81. The Morgan fingerprint density at radius 3 is 2.68 bits per heavy atom. The van der Waals surface area contributed by atoms with Gasteiger partial charge in [-0.05, 0) is 43.3 Å². The molecular formula is C19H18F3NO4S. The Morgan fingerprint density at radius 2 is 1.93 bits per heavy atom. The van der Waals surface area contributed by atoms with E-state index in [4.69, 9.17) is 4.74 Å². The highest BCUT2D eigenvalue weighted by Crippen LogP contribution is 2.47. The average molecular weight is 413 g/mol. The van der Waals surface area contributed by atoms with Crippen LogP contribution in [0.4, 0.5) is 13.2 Å². The van der Waals surface area contributed by atoms with Crippen molar-refractivity contribution in [2.45, 2.75) is 41.0 Å². The van der Waals surface area contributed by atoms with Crippen molar-refractivity contribution in [3.63, 3.8) is 0 Å². The van der Waals surface area contributed by atoms with Crippen molar-refractivity contribution in [3.05, 3.63) is 48.0 Å². The number of benzene rings is 2. The number of fused-ring (bicyclic) bond motifs is 3. The molecule has 2 aliphatic rings. The third kappa shape index (κ3) is 3.22. The van der Waals surface area contributed by atoms with Gasteiger partial charge in [-0.15, -0.1) is 13.2 Å². The first-order valence-corrected chi connectivity index (χ1v) is 10.2. The Hall–Kier alpha value is -2.26. The molecule has 0 aromatic heterocycles. The summed E-state index contributed by atoms with van der Waals surface area (Å²) in [6.07, 6.45) is -4.12. The first kappa shape index (κ1) is 19.1. The minimum absolute atomic E-state index is 0.0365. The fourth-order valence-corrected chi connectivity index (χ4v) is 5.12. The van der Waals surface area contributed by atoms with Crippen LogP contribution in [0.3, 0.4) is 0 Å². The second-order valence-corrected chi connectivity index (χ2v) is 9.11. The minimum Gasteiger partial charge on any atom is -0.488 e. The second kappa shape index (κ2) is 6.38. The van der Waals surface area contributed by atoms with E-state index >= 15 is 0 Å². The molecule has 2 unspecified atom stereocenters. The number of nitrogens with one attached hydrogen (secondary N) is 1. The van der Waals surface area contributed by atoms with Crippen LogP contribution in [-0.2, 0) is 15.3 Å². The molecule has 1 saturated heterocycles. The molecule has 5 nitrogen and oxygen atoms in total. The summed E-state index contributed by atoms with van der Waals surface area (Å²) in [6.45, 7) is 3.61. The van der Waals surface area contributed by atoms with Gasteiger partial charge < -0.3 is 14.8 Å². The van der Waals surface area contributed by atoms with Gasteiger partial charge in [0, 0.05) is 17.5 Å². The van der Waals surface area contributed by atoms with Crippen molar-refractivity contribution in [2.24, 2.45) is 0 Å². The molecule has 1 N–H and O–H groups in total. The van der Waals surface area contributed by atoms with Crippen LogP contribution in [0, 0.1) is 0 Å². The van der Waals surface area contributed by atoms with Crippen molar-refractivity contribution in [1.29, 1.82) is 0 Å². The Labute approximate surface area is 160 Å². The predicted molar refractivity (Wildman–Crippen MR) is 94.3 cm³/mol. The topological polar surface area (TPSA) is 64.6 Å². The summed E-state index contributed by atoms with van der Waals surface area (Å²) in [5, 5.41) is 3.26. The quantitative estimate of drug-likeness (QED) is 0.835. The summed E-state index contributed by atoms with van der Waals surface area (Å²) in [5.41, 5.74) is 0.760. The van der Waals surface area contributed by atoms with Gasteiger partial charge in [0.2, 0.25) is 9.84 Å². The van der Waals surface area contributed by atoms with E-state index in [9.17, 15) is 21.6 Å². The average Bonchev–Trinajstić information content (AvgIpc) is 2.92. The molecule has 2 aliphatic heterocycles. The largest absolute Gasteiger partial charge is 0.573 e. The van der Waals surface area contributed by atoms with Gasteiger partial charge in [0.25, 0.3) is 0 Å². The van der Waals surface area contributed by atoms with Crippen molar-refractivity contribution in [3.8, 4) is 11.5 Å². The number of hydrogen-bond acceptors (Lipinski definition) is 5. The smallest absolute Gasteiger partial charge is 0.488 e. The third-order valence-corrected chi connectivity index (χ3v) is 7.11. The highest BCUT2D eigenvalue weighted by molar-refractivity contribution is 7.91. The number of halogens is 3. The van der Waals surface area contributed by atoms with Crippen LogP contribution in [0.2, 0.25) is 0 Å². The van der Waals surface area contributed by atoms with Gasteiger partial charge in [0.1, 0.15) is 17.6 Å². The summed E-state index contributed by atoms with van der Waals surface area (Å²) in [4.78, 5) is -0.317. The molecule has 0 spiro atoms. The first-order chi connectivity index (χ1) is 13.1. The molecule has 28 heavy (non-hydrogen) atoms. The Kier molecular flexibility index (Phi) is 4.35. The summed E-state index contributed by atoms with van der Waals surface area (Å²) >= 11 is 0. The normalized spacial score (nSPS) is 24.2. The molecule has 1 fully saturated rings. The molecule has 0 radical (unpaired) electrons. The van der Waals surface area contributed by atoms with E-state index < -0.39 is 21.9 Å². The maximum atomic E-state index is 12.9. The van der Waals surface area contributed by atoms with Gasteiger partial charge >= 0.3 is 6.36 Å². The number of rotatable bonds is 3. The van der Waals surface area contributed by atoms with E-state index in [1.807, 2.05) is 0 Å². The number of piperidine rings is 1. The van der Waals surface area contributed by atoms with Crippen molar-refractivity contribution >= 4 is 9.84 Å². The number of sulfone groups is 1. The lowest BCUT2D eigenvalue weighted by Crippen LogP contribution is -2.49. The van der Waals surface area contributed by atoms with Crippen LogP contribution >= 0.6 is 0 Å². The minimum atomic E-state index is -4.90. The van der Waals surface area contributed by atoms with Gasteiger partial charge in [-0.2, -0.15) is 0 Å². The second-order valence-electron chi connectivity index (χ2n) is 7.16. The number of hydrogen-bond donors (Lipinski definition) is 1. The van der Waals surface area contributed by atoms with Crippen LogP contribution in [-0.4, -0.2) is 34.0 Å². The summed E-state index contributed by atoms with van der Waals surface area (Å²) < 4.78 is 73.0. The molecule has 0 saturated carbocycles. The van der Waals surface area contributed by atoms with E-state index in [1.165, 1.54) is 24.3 Å². The van der Waals surface area contributed by atoms with Gasteiger partial charge in [0.05, 0.1) is 9.79 Å². The Bertz CT molecular complexity index is 1020. The molecule has 2 atom stereocenters. The molecular weight excluding hydrogens is 395 g/mol. The summed E-state index contributed by atoms with van der Waals surface area (Å²) in [5.74, 6) is -0.0874. The molecule has 2 aromatic rings. The van der Waals surface area contributed by atoms with Crippen LogP contribution in [0.25, 0.3) is 0 Å². The Morgan fingerprint density at radius 1 is 1.18 bits per heavy atom. The molecule has 0 bridgehead atoms. The molecule has 9 heteroatoms. The fraction of sp³-hybridized carbons (Fsp3) is 0.368. The third-order valence-electron chi connectivity index (χ3n) is 5.36. The number of alkyl halides is 3. The predicted octanol–water partition coefficient (Wildman–Crippen LogP) is 3.43. The van der Waals surface area contributed by atoms with Crippen LogP contribution < -0.4 is 14.8 Å². The number of ether oxygens (including phenoxy) is 2. The molecule has 0 aliphatic carbocycles. The van der Waals surface area contributed by atoms with Crippen LogP contribution in [0.15, 0.2) is 52.3 Å². The lowest BCUT2D eigenvalue weighted by Gasteiger charge is -2.35. The Balaban J connectivity index is 1.70. The summed E-state index contributed by atoms with van der Waals surface area (Å²) in [6, 6.07) is 9.02. The van der Waals surface area contributed by atoms with E-state index in [1.54, 1.807) is 6.07 Å². The summed E-state index contributed by atoms with van der Waals surface area (Å²) in [7, 11) is -4.03. The molecule has 2 heterocycles. The SMILES string of the molecule is CC12CCNCC1Oc1cc(S(=O)(=O)c3cccc(OC(F)(F)F)c3)ccc12. The lowest BCUT2D eigenvalue weighted by molar-refractivity contribution is -0.274. The van der Waals surface area contributed by atoms with E-state index in [0.717, 1.165) is 30.7 Å². The maximum absolute atomic E-state index is 12.9. The van der Waals surface area contributed by atoms with E-state index in [0.29, 0.717) is 12.3 Å². The lowest BCUT2D eigenvalue weighted by atomic mass is 9.74. The van der Waals surface area contributed by atoms with E-state index in [2.05, 4.69) is 17.0 Å². The van der Waals surface area contributed by atoms with Crippen molar-refractivity contribution < 1.29 is 31.1 Å². The van der Waals surface area contributed by atoms with Gasteiger partial charge in [0.15, 0.2) is 0 Å². The molecule has 0 amide bonds. The van der Waals surface area contributed by atoms with Gasteiger partial charge in [-0.25, -0.2) is 8.42 Å². The maximum Gasteiger partial charge on any atom is 0.573 e. The zero-order chi connectivity index (χ0) is 20.2. The first-order valence-electron chi connectivity index (χ1n) is 8.72. The van der Waals surface area contributed by atoms with Crippen LogP contribution in [0.5, 0.6) is 11.5 Å². The van der Waals surface area contributed by atoms with Crippen molar-refractivity contribution in [2.75, 3.05) is 13.1 Å². The van der Waals surface area contributed by atoms with Gasteiger partial charge in [-0.3, -0.25) is 0 Å². The van der Waals surface area contributed by atoms with Crippen LogP contribution in [0.1, 0.15) is 18.9 Å². The monoisotopic (exact) mass is 413 g/mol. The molecule has 2 aromatic carbocycles.